The van der Waals surface area contributed by atoms with Gasteiger partial charge in [-0.2, -0.15) is 5.26 Å². The predicted octanol–water partition coefficient (Wildman–Crippen LogP) is 1.55. The maximum atomic E-state index is 12.2. The molecule has 0 aromatic carbocycles. The fourth-order valence-electron chi connectivity index (χ4n) is 2.89. The highest BCUT2D eigenvalue weighted by molar-refractivity contribution is 5.78. The van der Waals surface area contributed by atoms with Gasteiger partial charge in [0.1, 0.15) is 11.6 Å². The molecule has 2 aromatic heterocycles. The van der Waals surface area contributed by atoms with E-state index in [1.165, 1.54) is 0 Å². The monoisotopic (exact) mass is 339 g/mol. The number of nitriles is 1. The second-order valence-electron chi connectivity index (χ2n) is 6.08. The number of pyridine rings is 1. The number of carbonyl (C=O) groups is 1. The summed E-state index contributed by atoms with van der Waals surface area (Å²) < 4.78 is 5.30. The Hall–Kier alpha value is -2.85. The van der Waals surface area contributed by atoms with Gasteiger partial charge in [0.05, 0.1) is 30.5 Å². The summed E-state index contributed by atoms with van der Waals surface area (Å²) in [5.74, 6) is 1.55. The van der Waals surface area contributed by atoms with E-state index in [1.54, 1.807) is 24.6 Å². The summed E-state index contributed by atoms with van der Waals surface area (Å²) in [5, 5.41) is 11.9. The molecule has 2 aromatic rings. The Kier molecular flexibility index (Phi) is 5.31. The molecule has 1 fully saturated rings. The zero-order valence-electron chi connectivity index (χ0n) is 14.2. The van der Waals surface area contributed by atoms with Crippen molar-refractivity contribution in [3.63, 3.8) is 0 Å². The molecule has 0 saturated carbocycles. The molecule has 130 valence electrons. The Morgan fingerprint density at radius 3 is 2.88 bits per heavy atom. The SMILES string of the molecule is CC(NC(=O)CN1CCN(c2cc(C#N)ccn2)CC1)c1ccco1. The summed E-state index contributed by atoms with van der Waals surface area (Å²) in [6, 6.07) is 9.16. The van der Waals surface area contributed by atoms with Gasteiger partial charge in [-0.25, -0.2) is 4.98 Å². The second kappa shape index (κ2) is 7.81. The third kappa shape index (κ3) is 4.37. The topological polar surface area (TPSA) is 85.4 Å². The predicted molar refractivity (Wildman–Crippen MR) is 92.9 cm³/mol. The molecule has 3 rings (SSSR count). The molecule has 1 aliphatic rings. The number of piperazine rings is 1. The maximum Gasteiger partial charge on any atom is 0.234 e. The minimum Gasteiger partial charge on any atom is -0.467 e. The number of furan rings is 1. The molecule has 1 unspecified atom stereocenters. The quantitative estimate of drug-likeness (QED) is 0.889. The fourth-order valence-corrected chi connectivity index (χ4v) is 2.89. The highest BCUT2D eigenvalue weighted by atomic mass is 16.3. The van der Waals surface area contributed by atoms with E-state index in [9.17, 15) is 4.79 Å². The van der Waals surface area contributed by atoms with Gasteiger partial charge in [0.25, 0.3) is 0 Å². The zero-order chi connectivity index (χ0) is 17.6. The summed E-state index contributed by atoms with van der Waals surface area (Å²) in [6.45, 7) is 5.39. The Morgan fingerprint density at radius 2 is 2.20 bits per heavy atom. The smallest absolute Gasteiger partial charge is 0.234 e. The largest absolute Gasteiger partial charge is 0.467 e. The first kappa shape index (κ1) is 17.0. The number of nitrogens with one attached hydrogen (secondary N) is 1. The van der Waals surface area contributed by atoms with E-state index in [0.29, 0.717) is 12.1 Å². The van der Waals surface area contributed by atoms with Crippen molar-refractivity contribution in [2.75, 3.05) is 37.6 Å². The van der Waals surface area contributed by atoms with Crippen molar-refractivity contribution in [2.45, 2.75) is 13.0 Å². The van der Waals surface area contributed by atoms with Crippen molar-refractivity contribution < 1.29 is 9.21 Å². The molecule has 1 atom stereocenters. The number of anilines is 1. The van der Waals surface area contributed by atoms with Gasteiger partial charge >= 0.3 is 0 Å². The highest BCUT2D eigenvalue weighted by Gasteiger charge is 2.21. The van der Waals surface area contributed by atoms with E-state index in [4.69, 9.17) is 9.68 Å². The number of nitrogens with zero attached hydrogens (tertiary/aromatic N) is 4. The van der Waals surface area contributed by atoms with Gasteiger partial charge in [-0.05, 0) is 31.2 Å². The van der Waals surface area contributed by atoms with Crippen LogP contribution in [0.25, 0.3) is 0 Å². The van der Waals surface area contributed by atoms with Crippen LogP contribution in [0, 0.1) is 11.3 Å². The van der Waals surface area contributed by atoms with Gasteiger partial charge in [0.2, 0.25) is 5.91 Å². The number of hydrogen-bond acceptors (Lipinski definition) is 6. The van der Waals surface area contributed by atoms with Crippen LogP contribution in [0.2, 0.25) is 0 Å². The van der Waals surface area contributed by atoms with Crippen molar-refractivity contribution in [3.8, 4) is 6.07 Å². The molecule has 0 bridgehead atoms. The Bertz CT molecular complexity index is 745. The fraction of sp³-hybridized carbons (Fsp3) is 0.389. The van der Waals surface area contributed by atoms with E-state index in [2.05, 4.69) is 26.2 Å². The van der Waals surface area contributed by atoms with Crippen molar-refractivity contribution >= 4 is 11.7 Å². The first-order valence-electron chi connectivity index (χ1n) is 8.32. The highest BCUT2D eigenvalue weighted by Crippen LogP contribution is 2.15. The van der Waals surface area contributed by atoms with Crippen molar-refractivity contribution in [2.24, 2.45) is 0 Å². The van der Waals surface area contributed by atoms with Gasteiger partial charge in [-0.3, -0.25) is 9.69 Å². The molecule has 3 heterocycles. The number of rotatable bonds is 5. The molecule has 7 nitrogen and oxygen atoms in total. The van der Waals surface area contributed by atoms with E-state index >= 15 is 0 Å². The summed E-state index contributed by atoms with van der Waals surface area (Å²) >= 11 is 0. The maximum absolute atomic E-state index is 12.2. The van der Waals surface area contributed by atoms with Crippen LogP contribution in [0.1, 0.15) is 24.3 Å². The van der Waals surface area contributed by atoms with Crippen LogP contribution in [0.5, 0.6) is 0 Å². The molecule has 1 aliphatic heterocycles. The van der Waals surface area contributed by atoms with E-state index in [-0.39, 0.29) is 11.9 Å². The Labute approximate surface area is 146 Å². The van der Waals surface area contributed by atoms with Crippen LogP contribution in [-0.4, -0.2) is 48.5 Å². The summed E-state index contributed by atoms with van der Waals surface area (Å²) in [7, 11) is 0. The van der Waals surface area contributed by atoms with Crippen molar-refractivity contribution in [1.29, 1.82) is 5.26 Å². The average Bonchev–Trinajstić information content (AvgIpc) is 3.17. The molecular formula is C18H21N5O2. The van der Waals surface area contributed by atoms with E-state index < -0.39 is 0 Å². The minimum atomic E-state index is -0.137. The lowest BCUT2D eigenvalue weighted by atomic mass is 10.2. The van der Waals surface area contributed by atoms with Gasteiger partial charge in [-0.15, -0.1) is 0 Å². The molecule has 0 aliphatic carbocycles. The normalized spacial score (nSPS) is 16.2. The molecule has 0 radical (unpaired) electrons. The Morgan fingerprint density at radius 1 is 1.40 bits per heavy atom. The standard InChI is InChI=1S/C18H21N5O2/c1-14(16-3-2-10-25-16)21-18(24)13-22-6-8-23(9-7-22)17-11-15(12-19)4-5-20-17/h2-5,10-11,14H,6-9,13H2,1H3,(H,21,24). The second-order valence-corrected chi connectivity index (χ2v) is 6.08. The average molecular weight is 339 g/mol. The van der Waals surface area contributed by atoms with Crippen LogP contribution in [-0.2, 0) is 4.79 Å². The van der Waals surface area contributed by atoms with Crippen molar-refractivity contribution in [1.82, 2.24) is 15.2 Å². The molecule has 7 heteroatoms. The molecule has 1 N–H and O–H groups in total. The first-order chi connectivity index (χ1) is 12.2. The van der Waals surface area contributed by atoms with E-state index in [0.717, 1.165) is 37.8 Å². The molecule has 0 spiro atoms. The lowest BCUT2D eigenvalue weighted by Gasteiger charge is -2.35. The third-order valence-electron chi connectivity index (χ3n) is 4.29. The molecule has 1 amide bonds. The Balaban J connectivity index is 1.47. The zero-order valence-corrected chi connectivity index (χ0v) is 14.2. The number of carbonyl (C=O) groups excluding carboxylic acids is 1. The van der Waals surface area contributed by atoms with Gasteiger partial charge < -0.3 is 14.6 Å². The van der Waals surface area contributed by atoms with Gasteiger partial charge in [0.15, 0.2) is 0 Å². The van der Waals surface area contributed by atoms with Crippen LogP contribution >= 0.6 is 0 Å². The number of amides is 1. The number of aromatic nitrogens is 1. The molecule has 1 saturated heterocycles. The van der Waals surface area contributed by atoms with Gasteiger partial charge in [-0.1, -0.05) is 0 Å². The first-order valence-corrected chi connectivity index (χ1v) is 8.32. The molecular weight excluding hydrogens is 318 g/mol. The third-order valence-corrected chi connectivity index (χ3v) is 4.29. The summed E-state index contributed by atoms with van der Waals surface area (Å²) in [5.41, 5.74) is 0.610. The van der Waals surface area contributed by atoms with Crippen LogP contribution < -0.4 is 10.2 Å². The van der Waals surface area contributed by atoms with Crippen molar-refractivity contribution in [3.05, 3.63) is 48.0 Å². The number of hydrogen-bond donors (Lipinski definition) is 1. The summed E-state index contributed by atoms with van der Waals surface area (Å²) in [4.78, 5) is 20.8. The van der Waals surface area contributed by atoms with E-state index in [1.807, 2.05) is 19.1 Å². The lowest BCUT2D eigenvalue weighted by molar-refractivity contribution is -0.123. The van der Waals surface area contributed by atoms with Crippen LogP contribution in [0.15, 0.2) is 41.1 Å². The van der Waals surface area contributed by atoms with Gasteiger partial charge in [0, 0.05) is 32.4 Å². The minimum absolute atomic E-state index is 0.0121. The lowest BCUT2D eigenvalue weighted by Crippen LogP contribution is -2.49. The van der Waals surface area contributed by atoms with Crippen LogP contribution in [0.4, 0.5) is 5.82 Å². The molecule has 25 heavy (non-hydrogen) atoms. The van der Waals surface area contributed by atoms with Crippen LogP contribution in [0.3, 0.4) is 0 Å². The summed E-state index contributed by atoms with van der Waals surface area (Å²) in [6.07, 6.45) is 3.26.